The average molecular weight is 263 g/mol. The van der Waals surface area contributed by atoms with Crippen molar-refractivity contribution < 1.29 is 4.74 Å². The second kappa shape index (κ2) is 5.53. The minimum atomic E-state index is 0.371. The molecule has 4 heteroatoms. The Hall–Kier alpha value is -1.03. The Morgan fingerprint density at radius 2 is 2.26 bits per heavy atom. The SMILES string of the molecule is CCC(CC)c1cc2n(n1)C(C1CCCO1)CCN2. The Morgan fingerprint density at radius 1 is 1.42 bits per heavy atom. The number of ether oxygens (including phenoxy) is 1. The van der Waals surface area contributed by atoms with Gasteiger partial charge in [-0.25, -0.2) is 4.68 Å². The molecule has 1 fully saturated rings. The Morgan fingerprint density at radius 3 is 2.95 bits per heavy atom. The molecule has 2 unspecified atom stereocenters. The Bertz CT molecular complexity index is 419. The van der Waals surface area contributed by atoms with Crippen molar-refractivity contribution in [2.24, 2.45) is 0 Å². The van der Waals surface area contributed by atoms with Gasteiger partial charge in [-0.15, -0.1) is 0 Å². The number of fused-ring (bicyclic) bond motifs is 1. The Balaban J connectivity index is 1.86. The summed E-state index contributed by atoms with van der Waals surface area (Å²) in [6.07, 6.45) is 6.21. The zero-order valence-electron chi connectivity index (χ0n) is 12.1. The maximum atomic E-state index is 5.88. The minimum Gasteiger partial charge on any atom is -0.376 e. The Labute approximate surface area is 115 Å². The first kappa shape index (κ1) is 13.0. The number of rotatable bonds is 4. The number of nitrogens with zero attached hydrogens (tertiary/aromatic N) is 2. The summed E-state index contributed by atoms with van der Waals surface area (Å²) in [5.74, 6) is 1.78. The first-order valence-corrected chi connectivity index (χ1v) is 7.78. The van der Waals surface area contributed by atoms with E-state index in [-0.39, 0.29) is 0 Å². The predicted octanol–water partition coefficient (Wildman–Crippen LogP) is 3.32. The summed E-state index contributed by atoms with van der Waals surface area (Å²) in [5, 5.41) is 8.38. The number of aromatic nitrogens is 2. The monoisotopic (exact) mass is 263 g/mol. The van der Waals surface area contributed by atoms with Crippen molar-refractivity contribution in [2.75, 3.05) is 18.5 Å². The molecule has 0 spiro atoms. The molecular weight excluding hydrogens is 238 g/mol. The van der Waals surface area contributed by atoms with Gasteiger partial charge in [-0.3, -0.25) is 0 Å². The largest absolute Gasteiger partial charge is 0.376 e. The Kier molecular flexibility index (Phi) is 3.78. The fourth-order valence-corrected chi connectivity index (χ4v) is 3.42. The second-order valence-electron chi connectivity index (χ2n) is 5.75. The quantitative estimate of drug-likeness (QED) is 0.905. The number of nitrogens with one attached hydrogen (secondary N) is 1. The standard InChI is InChI=1S/C15H25N3O/c1-3-11(4-2)12-10-15-16-8-7-13(18(15)17-12)14-6-5-9-19-14/h10-11,13-14,16H,3-9H2,1-2H3. The lowest BCUT2D eigenvalue weighted by Crippen LogP contribution is -2.31. The maximum Gasteiger partial charge on any atom is 0.124 e. The highest BCUT2D eigenvalue weighted by molar-refractivity contribution is 5.40. The zero-order chi connectivity index (χ0) is 13.2. The van der Waals surface area contributed by atoms with Crippen LogP contribution < -0.4 is 5.32 Å². The zero-order valence-corrected chi connectivity index (χ0v) is 12.1. The molecule has 3 rings (SSSR count). The third-order valence-electron chi connectivity index (χ3n) is 4.61. The molecule has 4 nitrogen and oxygen atoms in total. The molecule has 0 aliphatic carbocycles. The van der Waals surface area contributed by atoms with Gasteiger partial charge in [-0.2, -0.15) is 5.10 Å². The van der Waals surface area contributed by atoms with E-state index in [1.165, 1.54) is 24.4 Å². The van der Waals surface area contributed by atoms with E-state index in [0.29, 0.717) is 18.1 Å². The molecule has 3 heterocycles. The van der Waals surface area contributed by atoms with Gasteiger partial charge in [0, 0.05) is 25.1 Å². The van der Waals surface area contributed by atoms with E-state index in [4.69, 9.17) is 9.84 Å². The van der Waals surface area contributed by atoms with Crippen LogP contribution in [0.5, 0.6) is 0 Å². The normalized spacial score (nSPS) is 26.5. The molecular formula is C15H25N3O. The highest BCUT2D eigenvalue weighted by Gasteiger charge is 2.32. The molecule has 0 aromatic carbocycles. The van der Waals surface area contributed by atoms with E-state index >= 15 is 0 Å². The summed E-state index contributed by atoms with van der Waals surface area (Å²) >= 11 is 0. The van der Waals surface area contributed by atoms with Crippen LogP contribution in [-0.2, 0) is 4.74 Å². The number of hydrogen-bond donors (Lipinski definition) is 1. The smallest absolute Gasteiger partial charge is 0.124 e. The molecule has 1 aromatic heterocycles. The van der Waals surface area contributed by atoms with E-state index in [1.807, 2.05) is 0 Å². The molecule has 19 heavy (non-hydrogen) atoms. The van der Waals surface area contributed by atoms with Gasteiger partial charge in [0.05, 0.1) is 17.8 Å². The van der Waals surface area contributed by atoms with Crippen LogP contribution in [0.4, 0.5) is 5.82 Å². The minimum absolute atomic E-state index is 0.371. The van der Waals surface area contributed by atoms with Crippen molar-refractivity contribution in [1.82, 2.24) is 9.78 Å². The topological polar surface area (TPSA) is 39.1 Å². The number of anilines is 1. The molecule has 1 saturated heterocycles. The molecule has 106 valence electrons. The summed E-state index contributed by atoms with van der Waals surface area (Å²) in [4.78, 5) is 0. The van der Waals surface area contributed by atoms with Crippen molar-refractivity contribution >= 4 is 5.82 Å². The number of hydrogen-bond acceptors (Lipinski definition) is 3. The van der Waals surface area contributed by atoms with Crippen LogP contribution in [0.15, 0.2) is 6.07 Å². The fourth-order valence-electron chi connectivity index (χ4n) is 3.42. The van der Waals surface area contributed by atoms with Crippen LogP contribution in [0.3, 0.4) is 0 Å². The lowest BCUT2D eigenvalue weighted by Gasteiger charge is -2.29. The molecule has 0 radical (unpaired) electrons. The van der Waals surface area contributed by atoms with Gasteiger partial charge >= 0.3 is 0 Å². The van der Waals surface area contributed by atoms with E-state index < -0.39 is 0 Å². The van der Waals surface area contributed by atoms with Crippen LogP contribution in [0.25, 0.3) is 0 Å². The maximum absolute atomic E-state index is 5.88. The summed E-state index contributed by atoms with van der Waals surface area (Å²) < 4.78 is 8.08. The predicted molar refractivity (Wildman–Crippen MR) is 76.7 cm³/mol. The van der Waals surface area contributed by atoms with Crippen molar-refractivity contribution in [2.45, 2.75) is 64.0 Å². The highest BCUT2D eigenvalue weighted by Crippen LogP contribution is 2.34. The van der Waals surface area contributed by atoms with Gasteiger partial charge in [0.25, 0.3) is 0 Å². The van der Waals surface area contributed by atoms with Gasteiger partial charge in [-0.05, 0) is 32.1 Å². The van der Waals surface area contributed by atoms with Crippen LogP contribution in [0, 0.1) is 0 Å². The van der Waals surface area contributed by atoms with Gasteiger partial charge in [-0.1, -0.05) is 13.8 Å². The van der Waals surface area contributed by atoms with Crippen LogP contribution in [0.1, 0.15) is 63.6 Å². The lowest BCUT2D eigenvalue weighted by molar-refractivity contribution is 0.0590. The summed E-state index contributed by atoms with van der Waals surface area (Å²) in [5.41, 5.74) is 1.25. The molecule has 0 bridgehead atoms. The third kappa shape index (κ3) is 2.38. The molecule has 1 aromatic rings. The van der Waals surface area contributed by atoms with E-state index in [1.54, 1.807) is 0 Å². The van der Waals surface area contributed by atoms with E-state index in [9.17, 15) is 0 Å². The summed E-state index contributed by atoms with van der Waals surface area (Å²) in [6, 6.07) is 2.68. The highest BCUT2D eigenvalue weighted by atomic mass is 16.5. The molecule has 2 aliphatic heterocycles. The molecule has 0 saturated carbocycles. The molecule has 1 N–H and O–H groups in total. The van der Waals surface area contributed by atoms with Crippen molar-refractivity contribution in [3.63, 3.8) is 0 Å². The van der Waals surface area contributed by atoms with E-state index in [0.717, 1.165) is 32.4 Å². The fraction of sp³-hybridized carbons (Fsp3) is 0.800. The first-order valence-electron chi connectivity index (χ1n) is 7.78. The summed E-state index contributed by atoms with van der Waals surface area (Å²) in [7, 11) is 0. The first-order chi connectivity index (χ1) is 9.33. The third-order valence-corrected chi connectivity index (χ3v) is 4.61. The summed E-state index contributed by atoms with van der Waals surface area (Å²) in [6.45, 7) is 6.46. The molecule has 0 amide bonds. The second-order valence-corrected chi connectivity index (χ2v) is 5.75. The van der Waals surface area contributed by atoms with Gasteiger partial charge < -0.3 is 10.1 Å². The van der Waals surface area contributed by atoms with Crippen molar-refractivity contribution in [3.8, 4) is 0 Å². The average Bonchev–Trinajstić information content (AvgIpc) is 3.08. The molecule has 2 atom stereocenters. The van der Waals surface area contributed by atoms with Crippen LogP contribution >= 0.6 is 0 Å². The van der Waals surface area contributed by atoms with E-state index in [2.05, 4.69) is 29.9 Å². The van der Waals surface area contributed by atoms with Crippen molar-refractivity contribution in [1.29, 1.82) is 0 Å². The lowest BCUT2D eigenvalue weighted by atomic mass is 10.00. The molecule has 2 aliphatic rings. The van der Waals surface area contributed by atoms with Crippen molar-refractivity contribution in [3.05, 3.63) is 11.8 Å². The van der Waals surface area contributed by atoms with Crippen LogP contribution in [-0.4, -0.2) is 29.0 Å². The van der Waals surface area contributed by atoms with Crippen LogP contribution in [0.2, 0.25) is 0 Å². The van der Waals surface area contributed by atoms with Gasteiger partial charge in [0.2, 0.25) is 0 Å². The van der Waals surface area contributed by atoms with Gasteiger partial charge in [0.1, 0.15) is 5.82 Å². The van der Waals surface area contributed by atoms with Gasteiger partial charge in [0.15, 0.2) is 0 Å².